The molecule has 1 saturated carbocycles. The molecule has 0 unspecified atom stereocenters. The smallest absolute Gasteiger partial charge is 0.329 e. The predicted molar refractivity (Wildman–Crippen MR) is 83.2 cm³/mol. The second-order valence-corrected chi connectivity index (χ2v) is 6.37. The van der Waals surface area contributed by atoms with E-state index < -0.39 is 37.0 Å². The number of aromatic nitrogens is 4. The van der Waals surface area contributed by atoms with E-state index in [1.807, 2.05) is 0 Å². The molecule has 1 fully saturated rings. The first-order valence-corrected chi connectivity index (χ1v) is 8.13. The van der Waals surface area contributed by atoms with Crippen molar-refractivity contribution in [3.8, 4) is 11.4 Å². The average Bonchev–Trinajstić information content (AvgIpc) is 3.31. The van der Waals surface area contributed by atoms with Gasteiger partial charge in [0.15, 0.2) is 0 Å². The molecule has 1 aromatic heterocycles. The summed E-state index contributed by atoms with van der Waals surface area (Å²) in [6.07, 6.45) is -2.86. The molecule has 1 atom stereocenters. The van der Waals surface area contributed by atoms with Crippen molar-refractivity contribution in [3.05, 3.63) is 30.1 Å². The number of hydrogen-bond acceptors (Lipinski definition) is 4. The summed E-state index contributed by atoms with van der Waals surface area (Å²) in [4.78, 5) is 14.1. The molecule has 1 heterocycles. The standard InChI is InChI=1S/C16H17F4N5O/c1-10(11-5-6-11)24(9-16(18,19)20)14(26)8-25-22-15(21-23-25)12-3-2-4-13(17)7-12/h2-4,7,10-11H,5-6,8-9H2,1H3/t10-/m0/s1. The van der Waals surface area contributed by atoms with E-state index in [1.54, 1.807) is 13.0 Å². The minimum atomic E-state index is -4.48. The van der Waals surface area contributed by atoms with Crippen molar-refractivity contribution in [2.45, 2.75) is 38.5 Å². The lowest BCUT2D eigenvalue weighted by atomic mass is 10.2. The molecule has 10 heteroatoms. The maximum atomic E-state index is 13.3. The van der Waals surface area contributed by atoms with Crippen molar-refractivity contribution >= 4 is 5.91 Å². The molecule has 3 rings (SSSR count). The van der Waals surface area contributed by atoms with Crippen molar-refractivity contribution in [2.24, 2.45) is 5.92 Å². The molecule has 0 spiro atoms. The Morgan fingerprint density at radius 1 is 1.38 bits per heavy atom. The third-order valence-electron chi connectivity index (χ3n) is 4.28. The fourth-order valence-corrected chi connectivity index (χ4v) is 2.75. The van der Waals surface area contributed by atoms with Gasteiger partial charge in [-0.3, -0.25) is 4.79 Å². The zero-order valence-electron chi connectivity index (χ0n) is 13.9. The number of carbonyl (C=O) groups is 1. The molecule has 0 saturated heterocycles. The van der Waals surface area contributed by atoms with Gasteiger partial charge in [0.1, 0.15) is 18.9 Å². The van der Waals surface area contributed by atoms with Crippen LogP contribution in [0.25, 0.3) is 11.4 Å². The SMILES string of the molecule is C[C@@H](C1CC1)N(CC(F)(F)F)C(=O)Cn1nnc(-c2cccc(F)c2)n1. The first-order chi connectivity index (χ1) is 12.2. The number of tetrazole rings is 1. The number of amides is 1. The van der Waals surface area contributed by atoms with Gasteiger partial charge in [0.05, 0.1) is 0 Å². The second-order valence-electron chi connectivity index (χ2n) is 6.37. The lowest BCUT2D eigenvalue weighted by Crippen LogP contribution is -2.47. The van der Waals surface area contributed by atoms with Crippen LogP contribution in [0.4, 0.5) is 17.6 Å². The highest BCUT2D eigenvalue weighted by Crippen LogP contribution is 2.36. The number of benzene rings is 1. The lowest BCUT2D eigenvalue weighted by molar-refractivity contribution is -0.166. The van der Waals surface area contributed by atoms with Crippen LogP contribution in [0, 0.1) is 11.7 Å². The van der Waals surface area contributed by atoms with Crippen LogP contribution in [0.15, 0.2) is 24.3 Å². The van der Waals surface area contributed by atoms with Gasteiger partial charge in [-0.15, -0.1) is 10.2 Å². The molecule has 26 heavy (non-hydrogen) atoms. The van der Waals surface area contributed by atoms with Gasteiger partial charge in [0.2, 0.25) is 11.7 Å². The maximum absolute atomic E-state index is 13.3. The number of halogens is 4. The van der Waals surface area contributed by atoms with Gasteiger partial charge in [-0.25, -0.2) is 4.39 Å². The number of hydrogen-bond donors (Lipinski definition) is 0. The fraction of sp³-hybridized carbons (Fsp3) is 0.500. The summed E-state index contributed by atoms with van der Waals surface area (Å²) in [5.74, 6) is -1.03. The third kappa shape index (κ3) is 4.55. The summed E-state index contributed by atoms with van der Waals surface area (Å²) in [6.45, 7) is -0.154. The summed E-state index contributed by atoms with van der Waals surface area (Å²) in [6, 6.07) is 4.99. The molecular formula is C16H17F4N5O. The Morgan fingerprint density at radius 3 is 2.73 bits per heavy atom. The summed E-state index contributed by atoms with van der Waals surface area (Å²) in [5.41, 5.74) is 0.363. The Hall–Kier alpha value is -2.52. The van der Waals surface area contributed by atoms with Gasteiger partial charge in [0, 0.05) is 11.6 Å². The average molecular weight is 371 g/mol. The molecule has 1 amide bonds. The topological polar surface area (TPSA) is 63.9 Å². The molecule has 6 nitrogen and oxygen atoms in total. The second kappa shape index (κ2) is 7.00. The van der Waals surface area contributed by atoms with Gasteiger partial charge < -0.3 is 4.90 Å². The Bertz CT molecular complexity index is 787. The van der Waals surface area contributed by atoms with E-state index in [0.29, 0.717) is 5.56 Å². The molecule has 1 aliphatic rings. The van der Waals surface area contributed by atoms with Crippen LogP contribution in [0.5, 0.6) is 0 Å². The molecule has 0 N–H and O–H groups in total. The molecule has 140 valence electrons. The van der Waals surface area contributed by atoms with E-state index in [4.69, 9.17) is 0 Å². The Kier molecular flexibility index (Phi) is 4.92. The number of carbonyl (C=O) groups excluding carboxylic acids is 1. The van der Waals surface area contributed by atoms with Crippen LogP contribution in [0.2, 0.25) is 0 Å². The quantitative estimate of drug-likeness (QED) is 0.733. The van der Waals surface area contributed by atoms with Gasteiger partial charge in [-0.05, 0) is 43.0 Å². The largest absolute Gasteiger partial charge is 0.406 e. The summed E-state index contributed by atoms with van der Waals surface area (Å²) < 4.78 is 51.8. The van der Waals surface area contributed by atoms with Gasteiger partial charge >= 0.3 is 6.18 Å². The fourth-order valence-electron chi connectivity index (χ4n) is 2.75. The van der Waals surface area contributed by atoms with Gasteiger partial charge in [-0.2, -0.15) is 18.0 Å². The minimum absolute atomic E-state index is 0.0906. The van der Waals surface area contributed by atoms with Crippen LogP contribution in [-0.2, 0) is 11.3 Å². The van der Waals surface area contributed by atoms with E-state index in [-0.39, 0.29) is 11.7 Å². The first-order valence-electron chi connectivity index (χ1n) is 8.13. The van der Waals surface area contributed by atoms with Crippen molar-refractivity contribution in [2.75, 3.05) is 6.54 Å². The molecule has 1 aromatic carbocycles. The minimum Gasteiger partial charge on any atom is -0.329 e. The normalized spacial score (nSPS) is 15.7. The van der Waals surface area contributed by atoms with Crippen molar-refractivity contribution in [1.29, 1.82) is 0 Å². The Morgan fingerprint density at radius 2 is 2.12 bits per heavy atom. The summed E-state index contributed by atoms with van der Waals surface area (Å²) in [7, 11) is 0. The van der Waals surface area contributed by atoms with Crippen LogP contribution in [0.1, 0.15) is 19.8 Å². The first kappa shape index (κ1) is 18.3. The van der Waals surface area contributed by atoms with Crippen molar-refractivity contribution < 1.29 is 22.4 Å². The van der Waals surface area contributed by atoms with Crippen molar-refractivity contribution in [1.82, 2.24) is 25.1 Å². The third-order valence-corrected chi connectivity index (χ3v) is 4.28. The van der Waals surface area contributed by atoms with E-state index >= 15 is 0 Å². The highest BCUT2D eigenvalue weighted by atomic mass is 19.4. The van der Waals surface area contributed by atoms with E-state index in [9.17, 15) is 22.4 Å². The molecule has 2 aromatic rings. The number of alkyl halides is 3. The van der Waals surface area contributed by atoms with Gasteiger partial charge in [-0.1, -0.05) is 12.1 Å². The molecule has 0 aliphatic heterocycles. The highest BCUT2D eigenvalue weighted by Gasteiger charge is 2.40. The van der Waals surface area contributed by atoms with E-state index in [0.717, 1.165) is 22.5 Å². The van der Waals surface area contributed by atoms with E-state index in [2.05, 4.69) is 15.4 Å². The highest BCUT2D eigenvalue weighted by molar-refractivity contribution is 5.76. The Balaban J connectivity index is 1.73. The predicted octanol–water partition coefficient (Wildman–Crippen LogP) is 2.67. The van der Waals surface area contributed by atoms with Crippen molar-refractivity contribution in [3.63, 3.8) is 0 Å². The van der Waals surface area contributed by atoms with Crippen LogP contribution in [-0.4, -0.2) is 49.8 Å². The maximum Gasteiger partial charge on any atom is 0.406 e. The monoisotopic (exact) mass is 371 g/mol. The van der Waals surface area contributed by atoms with Gasteiger partial charge in [0.25, 0.3) is 0 Å². The number of nitrogens with zero attached hydrogens (tertiary/aromatic N) is 5. The zero-order chi connectivity index (χ0) is 18.9. The lowest BCUT2D eigenvalue weighted by Gasteiger charge is -2.30. The molecule has 0 bridgehead atoms. The van der Waals surface area contributed by atoms with E-state index in [1.165, 1.54) is 18.2 Å². The van der Waals surface area contributed by atoms with Crippen LogP contribution < -0.4 is 0 Å². The molecule has 1 aliphatic carbocycles. The summed E-state index contributed by atoms with van der Waals surface area (Å²) in [5, 5.41) is 11.4. The zero-order valence-corrected chi connectivity index (χ0v) is 13.9. The molecular weight excluding hydrogens is 354 g/mol. The molecule has 0 radical (unpaired) electrons. The van der Waals surface area contributed by atoms with Crippen LogP contribution in [0.3, 0.4) is 0 Å². The number of rotatable bonds is 6. The summed E-state index contributed by atoms with van der Waals surface area (Å²) >= 11 is 0. The Labute approximate surface area is 146 Å². The van der Waals surface area contributed by atoms with Crippen LogP contribution >= 0.6 is 0 Å².